The Kier molecular flexibility index (Phi) is 3.42. The fourth-order valence-electron chi connectivity index (χ4n) is 3.28. The van der Waals surface area contributed by atoms with Crippen LogP contribution in [-0.4, -0.2) is 36.1 Å². The van der Waals surface area contributed by atoms with Gasteiger partial charge in [-0.05, 0) is 60.7 Å². The lowest BCUT2D eigenvalue weighted by molar-refractivity contribution is 0.0698. The summed E-state index contributed by atoms with van der Waals surface area (Å²) in [6.45, 7) is 0. The van der Waals surface area contributed by atoms with Crippen LogP contribution in [0.4, 0.5) is 0 Å². The minimum Gasteiger partial charge on any atom is -0.504 e. The molecule has 0 saturated heterocycles. The number of carboxylic acid groups (broad SMARTS) is 1. The van der Waals surface area contributed by atoms with Crippen LogP contribution in [0.1, 0.15) is 33.1 Å². The summed E-state index contributed by atoms with van der Waals surface area (Å²) in [5.41, 5.74) is 4.53. The molecule has 7 heteroatoms. The zero-order valence-corrected chi connectivity index (χ0v) is 14.5. The summed E-state index contributed by atoms with van der Waals surface area (Å²) in [5.74, 6) is -1.16. The number of fused-ring (bicyclic) bond motifs is 8. The molecule has 3 aromatic heterocycles. The van der Waals surface area contributed by atoms with Crippen LogP contribution in [0.3, 0.4) is 0 Å². The molecule has 28 heavy (non-hydrogen) atoms. The maximum Gasteiger partial charge on any atom is 0.340 e. The third-order valence-corrected chi connectivity index (χ3v) is 4.58. The fraction of sp³-hybridized carbons (Fsp3) is 0. The van der Waals surface area contributed by atoms with E-state index in [-0.39, 0.29) is 17.0 Å². The van der Waals surface area contributed by atoms with Crippen molar-refractivity contribution in [2.45, 2.75) is 0 Å². The highest BCUT2D eigenvalue weighted by Crippen LogP contribution is 2.27. The van der Waals surface area contributed by atoms with Gasteiger partial charge in [-0.3, -0.25) is 0 Å². The van der Waals surface area contributed by atoms with E-state index in [1.165, 1.54) is 0 Å². The van der Waals surface area contributed by atoms with Crippen molar-refractivity contribution in [2.75, 3.05) is 0 Å². The van der Waals surface area contributed by atoms with Gasteiger partial charge in [0.05, 0.1) is 28.1 Å². The van der Waals surface area contributed by atoms with E-state index in [9.17, 15) is 15.0 Å². The number of aromatic hydroxyl groups is 1. The largest absolute Gasteiger partial charge is 0.504 e. The summed E-state index contributed by atoms with van der Waals surface area (Å²) in [4.78, 5) is 27.0. The second-order valence-electron chi connectivity index (χ2n) is 6.48. The molecule has 136 valence electrons. The van der Waals surface area contributed by atoms with Gasteiger partial charge >= 0.3 is 5.97 Å². The molecule has 2 aliphatic heterocycles. The number of hydrogen-bond acceptors (Lipinski definition) is 4. The maximum absolute atomic E-state index is 11.9. The normalized spacial score (nSPS) is 12.4. The standard InChI is InChI=1S/C21H14N4O3/c26-20-17-6-4-14(24-17)10-12-2-1-11(22-12)9-13-3-5-15(23-13)19(21(27)28)16-7-8-18(20)25-16/h1-10,23-24,26H,(H,27,28). The lowest BCUT2D eigenvalue weighted by atomic mass is 10.2. The molecule has 0 atom stereocenters. The Morgan fingerprint density at radius 1 is 0.786 bits per heavy atom. The predicted molar refractivity (Wildman–Crippen MR) is 107 cm³/mol. The molecule has 0 spiro atoms. The van der Waals surface area contributed by atoms with Crippen molar-refractivity contribution < 1.29 is 15.0 Å². The molecule has 5 rings (SSSR count). The van der Waals surface area contributed by atoms with Gasteiger partial charge in [0.2, 0.25) is 0 Å². The fourth-order valence-corrected chi connectivity index (χ4v) is 3.28. The molecule has 3 aromatic rings. The van der Waals surface area contributed by atoms with E-state index in [1.807, 2.05) is 30.4 Å². The van der Waals surface area contributed by atoms with Crippen molar-refractivity contribution in [1.29, 1.82) is 0 Å². The second-order valence-corrected chi connectivity index (χ2v) is 6.48. The molecular formula is C21H14N4O3. The van der Waals surface area contributed by atoms with Gasteiger partial charge < -0.3 is 20.2 Å². The van der Waals surface area contributed by atoms with Crippen molar-refractivity contribution in [1.82, 2.24) is 19.9 Å². The van der Waals surface area contributed by atoms with E-state index in [0.717, 1.165) is 22.4 Å². The number of carboxylic acids is 1. The maximum atomic E-state index is 11.9. The zero-order valence-electron chi connectivity index (χ0n) is 14.5. The van der Waals surface area contributed by atoms with Gasteiger partial charge in [0.25, 0.3) is 0 Å². The highest BCUT2D eigenvalue weighted by atomic mass is 16.4. The summed E-state index contributed by atoms with van der Waals surface area (Å²) < 4.78 is 0. The molecule has 2 aliphatic rings. The number of rotatable bonds is 1. The van der Waals surface area contributed by atoms with E-state index in [2.05, 4.69) is 19.9 Å². The van der Waals surface area contributed by atoms with Gasteiger partial charge in [-0.25, -0.2) is 14.8 Å². The van der Waals surface area contributed by atoms with Crippen LogP contribution in [0.2, 0.25) is 0 Å². The van der Waals surface area contributed by atoms with Crippen molar-refractivity contribution in [2.24, 2.45) is 0 Å². The minimum absolute atomic E-state index is 0.0301. The second kappa shape index (κ2) is 5.95. The van der Waals surface area contributed by atoms with E-state index < -0.39 is 5.97 Å². The Balaban J connectivity index is 1.94. The summed E-state index contributed by atoms with van der Waals surface area (Å²) in [6, 6.07) is 10.8. The first-order valence-electron chi connectivity index (χ1n) is 8.59. The molecule has 5 heterocycles. The number of carbonyl (C=O) groups is 1. The number of aromatic nitrogens is 4. The molecule has 0 fully saturated rings. The average molecular weight is 370 g/mol. The van der Waals surface area contributed by atoms with E-state index in [1.54, 1.807) is 30.4 Å². The first-order valence-corrected chi connectivity index (χ1v) is 8.59. The SMILES string of the molecule is O=C(O)c1c2nc(c(O)c3ccc(cc4nc(cc5ccc1[nH]5)C=C4)[nH]3)C=C2. The smallest absolute Gasteiger partial charge is 0.340 e. The molecule has 0 saturated carbocycles. The lowest BCUT2D eigenvalue weighted by Crippen LogP contribution is -2.00. The van der Waals surface area contributed by atoms with Gasteiger partial charge in [-0.1, -0.05) is 0 Å². The summed E-state index contributed by atoms with van der Waals surface area (Å²) in [5, 5.41) is 20.3. The topological polar surface area (TPSA) is 115 Å². The third kappa shape index (κ3) is 2.66. The highest BCUT2D eigenvalue weighted by molar-refractivity contribution is 6.00. The van der Waals surface area contributed by atoms with Crippen LogP contribution in [0.25, 0.3) is 46.4 Å². The Morgan fingerprint density at radius 3 is 2.07 bits per heavy atom. The van der Waals surface area contributed by atoms with Crippen molar-refractivity contribution in [3.8, 4) is 5.75 Å². The van der Waals surface area contributed by atoms with Gasteiger partial charge in [0.15, 0.2) is 5.75 Å². The van der Waals surface area contributed by atoms with Crippen LogP contribution >= 0.6 is 0 Å². The number of H-pyrrole nitrogens is 2. The van der Waals surface area contributed by atoms with E-state index in [0.29, 0.717) is 16.7 Å². The van der Waals surface area contributed by atoms with E-state index in [4.69, 9.17) is 0 Å². The molecule has 0 aromatic carbocycles. The van der Waals surface area contributed by atoms with Crippen LogP contribution in [-0.2, 0) is 0 Å². The van der Waals surface area contributed by atoms with Crippen molar-refractivity contribution in [3.63, 3.8) is 0 Å². The van der Waals surface area contributed by atoms with Crippen molar-refractivity contribution >= 4 is 52.3 Å². The van der Waals surface area contributed by atoms with Crippen LogP contribution in [0, 0.1) is 0 Å². The first kappa shape index (κ1) is 16.1. The number of nitrogens with one attached hydrogen (secondary N) is 2. The number of nitrogens with zero attached hydrogens (tertiary/aromatic N) is 2. The summed E-state index contributed by atoms with van der Waals surface area (Å²) in [7, 11) is 0. The Labute approximate surface area is 158 Å². The molecule has 0 amide bonds. The Bertz CT molecular complexity index is 1360. The molecular weight excluding hydrogens is 356 g/mol. The predicted octanol–water partition coefficient (Wildman–Crippen LogP) is 4.06. The molecule has 0 aliphatic carbocycles. The van der Waals surface area contributed by atoms with Gasteiger partial charge in [0, 0.05) is 11.0 Å². The quantitative estimate of drug-likeness (QED) is 0.355. The number of aromatic amines is 2. The van der Waals surface area contributed by atoms with Crippen LogP contribution < -0.4 is 0 Å². The molecule has 4 N–H and O–H groups in total. The Hall–Kier alpha value is -4.13. The highest BCUT2D eigenvalue weighted by Gasteiger charge is 2.16. The van der Waals surface area contributed by atoms with Gasteiger partial charge in [0.1, 0.15) is 11.3 Å². The number of hydrogen-bond donors (Lipinski definition) is 4. The summed E-state index contributed by atoms with van der Waals surface area (Å²) in [6.07, 6.45) is 6.94. The minimum atomic E-state index is -1.11. The zero-order chi connectivity index (χ0) is 19.3. The third-order valence-electron chi connectivity index (χ3n) is 4.58. The van der Waals surface area contributed by atoms with E-state index >= 15 is 0 Å². The first-order chi connectivity index (χ1) is 13.6. The van der Waals surface area contributed by atoms with Crippen molar-refractivity contribution in [3.05, 3.63) is 64.7 Å². The Morgan fingerprint density at radius 2 is 1.39 bits per heavy atom. The molecule has 7 nitrogen and oxygen atoms in total. The van der Waals surface area contributed by atoms with Crippen LogP contribution in [0.5, 0.6) is 5.75 Å². The van der Waals surface area contributed by atoms with Crippen LogP contribution in [0.15, 0.2) is 36.4 Å². The summed E-state index contributed by atoms with van der Waals surface area (Å²) >= 11 is 0. The lowest BCUT2D eigenvalue weighted by Gasteiger charge is -1.96. The van der Waals surface area contributed by atoms with Gasteiger partial charge in [-0.2, -0.15) is 0 Å². The molecule has 0 unspecified atom stereocenters. The molecule has 0 radical (unpaired) electrons. The van der Waals surface area contributed by atoms with Gasteiger partial charge in [-0.15, -0.1) is 0 Å². The number of aromatic carboxylic acids is 1. The average Bonchev–Trinajstić information content (AvgIpc) is 3.43. The monoisotopic (exact) mass is 370 g/mol. The molecule has 8 bridgehead atoms.